The number of halogens is 1. The summed E-state index contributed by atoms with van der Waals surface area (Å²) in [6, 6.07) is 1.42. The summed E-state index contributed by atoms with van der Waals surface area (Å²) in [5.41, 5.74) is 0. The molecule has 1 saturated heterocycles. The van der Waals surface area contributed by atoms with E-state index in [1.54, 1.807) is 0 Å². The number of nitrogens with zero attached hydrogens (tertiary/aromatic N) is 2. The SMILES string of the molecule is CN[C@@H]1CCC[C@H](N2CCN(CF)CC2)C1. The molecule has 0 bridgehead atoms. The minimum atomic E-state index is -0.280. The summed E-state index contributed by atoms with van der Waals surface area (Å²) in [5.74, 6) is 0. The monoisotopic (exact) mass is 229 g/mol. The van der Waals surface area contributed by atoms with Crippen molar-refractivity contribution in [2.75, 3.05) is 40.0 Å². The Balaban J connectivity index is 1.79. The van der Waals surface area contributed by atoms with Gasteiger partial charge in [0.25, 0.3) is 0 Å². The molecule has 1 N–H and O–H groups in total. The quantitative estimate of drug-likeness (QED) is 0.730. The molecule has 0 aromatic heterocycles. The van der Waals surface area contributed by atoms with Gasteiger partial charge in [-0.2, -0.15) is 0 Å². The van der Waals surface area contributed by atoms with Crippen molar-refractivity contribution in [1.82, 2.24) is 15.1 Å². The summed E-state index contributed by atoms with van der Waals surface area (Å²) in [6.07, 6.45) is 5.25. The van der Waals surface area contributed by atoms with Gasteiger partial charge in [0.2, 0.25) is 0 Å². The lowest BCUT2D eigenvalue weighted by atomic mass is 9.89. The van der Waals surface area contributed by atoms with E-state index in [0.717, 1.165) is 32.2 Å². The predicted octanol–water partition coefficient (Wildman–Crippen LogP) is 1.06. The average molecular weight is 229 g/mol. The van der Waals surface area contributed by atoms with Crippen molar-refractivity contribution >= 4 is 0 Å². The number of hydrogen-bond donors (Lipinski definition) is 1. The Morgan fingerprint density at radius 1 is 1.19 bits per heavy atom. The molecule has 0 spiro atoms. The maximum Gasteiger partial charge on any atom is 0.143 e. The van der Waals surface area contributed by atoms with Gasteiger partial charge in [0.15, 0.2) is 0 Å². The zero-order chi connectivity index (χ0) is 11.4. The van der Waals surface area contributed by atoms with Gasteiger partial charge in [0, 0.05) is 38.3 Å². The van der Waals surface area contributed by atoms with Crippen LogP contribution in [0.4, 0.5) is 4.39 Å². The highest BCUT2D eigenvalue weighted by atomic mass is 19.1. The Hall–Kier alpha value is -0.190. The van der Waals surface area contributed by atoms with Gasteiger partial charge in [-0.3, -0.25) is 9.80 Å². The average Bonchev–Trinajstić information content (AvgIpc) is 2.39. The minimum absolute atomic E-state index is 0.280. The molecule has 3 nitrogen and oxygen atoms in total. The smallest absolute Gasteiger partial charge is 0.143 e. The zero-order valence-corrected chi connectivity index (χ0v) is 10.3. The fourth-order valence-corrected chi connectivity index (χ4v) is 3.01. The first-order valence-corrected chi connectivity index (χ1v) is 6.53. The van der Waals surface area contributed by atoms with Gasteiger partial charge >= 0.3 is 0 Å². The van der Waals surface area contributed by atoms with E-state index in [0.29, 0.717) is 6.04 Å². The lowest BCUT2D eigenvalue weighted by Crippen LogP contribution is -2.52. The Morgan fingerprint density at radius 2 is 1.94 bits per heavy atom. The standard InChI is InChI=1S/C12H24FN3/c1-14-11-3-2-4-12(9-11)16-7-5-15(10-13)6-8-16/h11-12,14H,2-10H2,1H3/t11-,12+/m1/s1. The molecule has 2 aliphatic rings. The van der Waals surface area contributed by atoms with Crippen LogP contribution in [0.5, 0.6) is 0 Å². The van der Waals surface area contributed by atoms with E-state index >= 15 is 0 Å². The summed E-state index contributed by atoms with van der Waals surface area (Å²) in [7, 11) is 2.06. The van der Waals surface area contributed by atoms with Gasteiger partial charge in [-0.05, 0) is 26.3 Å². The number of piperazine rings is 1. The first kappa shape index (κ1) is 12.3. The van der Waals surface area contributed by atoms with Crippen molar-refractivity contribution < 1.29 is 4.39 Å². The largest absolute Gasteiger partial charge is 0.317 e. The Labute approximate surface area is 98.0 Å². The van der Waals surface area contributed by atoms with Crippen LogP contribution in [0.3, 0.4) is 0 Å². The maximum atomic E-state index is 12.5. The van der Waals surface area contributed by atoms with Gasteiger partial charge in [-0.25, -0.2) is 4.39 Å². The number of hydrogen-bond acceptors (Lipinski definition) is 3. The Bertz CT molecular complexity index is 204. The summed E-state index contributed by atoms with van der Waals surface area (Å²) < 4.78 is 12.5. The topological polar surface area (TPSA) is 18.5 Å². The normalized spacial score (nSPS) is 34.1. The molecule has 0 amide bonds. The molecule has 94 valence electrons. The second kappa shape index (κ2) is 5.94. The highest BCUT2D eigenvalue weighted by molar-refractivity contribution is 4.85. The summed E-state index contributed by atoms with van der Waals surface area (Å²) in [4.78, 5) is 4.46. The molecule has 2 atom stereocenters. The summed E-state index contributed by atoms with van der Waals surface area (Å²) in [5, 5.41) is 3.40. The second-order valence-electron chi connectivity index (χ2n) is 5.08. The van der Waals surface area contributed by atoms with Gasteiger partial charge < -0.3 is 5.32 Å². The molecule has 0 unspecified atom stereocenters. The van der Waals surface area contributed by atoms with E-state index < -0.39 is 0 Å². The lowest BCUT2D eigenvalue weighted by Gasteiger charge is -2.41. The van der Waals surface area contributed by atoms with Crippen LogP contribution >= 0.6 is 0 Å². The van der Waals surface area contributed by atoms with Crippen LogP contribution in [0.25, 0.3) is 0 Å². The van der Waals surface area contributed by atoms with Gasteiger partial charge in [-0.15, -0.1) is 0 Å². The van der Waals surface area contributed by atoms with E-state index in [1.807, 2.05) is 4.90 Å². The fourth-order valence-electron chi connectivity index (χ4n) is 3.01. The van der Waals surface area contributed by atoms with Crippen molar-refractivity contribution in [2.45, 2.75) is 37.8 Å². The van der Waals surface area contributed by atoms with Crippen LogP contribution in [0.2, 0.25) is 0 Å². The number of rotatable bonds is 3. The molecule has 1 saturated carbocycles. The van der Waals surface area contributed by atoms with Crippen LogP contribution in [0.1, 0.15) is 25.7 Å². The van der Waals surface area contributed by atoms with Crippen molar-refractivity contribution in [3.63, 3.8) is 0 Å². The molecule has 2 fully saturated rings. The zero-order valence-electron chi connectivity index (χ0n) is 10.3. The molecule has 0 aromatic carbocycles. The van der Waals surface area contributed by atoms with Crippen molar-refractivity contribution in [3.8, 4) is 0 Å². The van der Waals surface area contributed by atoms with Crippen molar-refractivity contribution in [3.05, 3.63) is 0 Å². The second-order valence-corrected chi connectivity index (χ2v) is 5.08. The third-order valence-electron chi connectivity index (χ3n) is 4.15. The Kier molecular flexibility index (Phi) is 4.55. The van der Waals surface area contributed by atoms with Crippen molar-refractivity contribution in [1.29, 1.82) is 0 Å². The fraction of sp³-hybridized carbons (Fsp3) is 1.00. The van der Waals surface area contributed by atoms with E-state index in [9.17, 15) is 4.39 Å². The first-order valence-electron chi connectivity index (χ1n) is 6.53. The third kappa shape index (κ3) is 2.93. The Morgan fingerprint density at radius 3 is 2.56 bits per heavy atom. The molecule has 2 rings (SSSR count). The van der Waals surface area contributed by atoms with Crippen LogP contribution in [0, 0.1) is 0 Å². The molecule has 1 aliphatic carbocycles. The summed E-state index contributed by atoms with van der Waals surface area (Å²) in [6.45, 7) is 3.61. The molecular weight excluding hydrogens is 205 g/mol. The van der Waals surface area contributed by atoms with Crippen molar-refractivity contribution in [2.24, 2.45) is 0 Å². The molecular formula is C12H24FN3. The highest BCUT2D eigenvalue weighted by Crippen LogP contribution is 2.23. The summed E-state index contributed by atoms with van der Waals surface area (Å²) >= 11 is 0. The first-order chi connectivity index (χ1) is 7.83. The molecule has 1 aliphatic heterocycles. The third-order valence-corrected chi connectivity index (χ3v) is 4.15. The molecule has 1 heterocycles. The number of alkyl halides is 1. The van der Waals surface area contributed by atoms with Crippen LogP contribution in [0.15, 0.2) is 0 Å². The van der Waals surface area contributed by atoms with Crippen LogP contribution < -0.4 is 5.32 Å². The van der Waals surface area contributed by atoms with E-state index in [4.69, 9.17) is 0 Å². The van der Waals surface area contributed by atoms with E-state index in [1.165, 1.54) is 25.7 Å². The highest BCUT2D eigenvalue weighted by Gasteiger charge is 2.28. The van der Waals surface area contributed by atoms with Gasteiger partial charge in [0.05, 0.1) is 0 Å². The minimum Gasteiger partial charge on any atom is -0.317 e. The molecule has 0 radical (unpaired) electrons. The molecule has 16 heavy (non-hydrogen) atoms. The van der Waals surface area contributed by atoms with E-state index in [-0.39, 0.29) is 6.80 Å². The van der Waals surface area contributed by atoms with Gasteiger partial charge in [-0.1, -0.05) is 6.42 Å². The maximum absolute atomic E-state index is 12.5. The number of nitrogens with one attached hydrogen (secondary N) is 1. The molecule has 4 heteroatoms. The molecule has 0 aromatic rings. The van der Waals surface area contributed by atoms with E-state index in [2.05, 4.69) is 17.3 Å². The van der Waals surface area contributed by atoms with Crippen LogP contribution in [-0.4, -0.2) is 61.9 Å². The van der Waals surface area contributed by atoms with Gasteiger partial charge in [0.1, 0.15) is 6.80 Å². The van der Waals surface area contributed by atoms with Crippen LogP contribution in [-0.2, 0) is 0 Å². The lowest BCUT2D eigenvalue weighted by molar-refractivity contribution is 0.0531. The predicted molar refractivity (Wildman–Crippen MR) is 64.2 cm³/mol.